The summed E-state index contributed by atoms with van der Waals surface area (Å²) >= 11 is 6.23. The van der Waals surface area contributed by atoms with Gasteiger partial charge in [0.2, 0.25) is 11.8 Å². The molecule has 0 radical (unpaired) electrons. The van der Waals surface area contributed by atoms with E-state index in [0.717, 1.165) is 5.56 Å². The standard InChI is InChI=1S/C14H21ClN4O2/c1-9(2)18-6-10-11(15)4-3-5-12(10)19(7-13(16)20)8-14(17)21/h3-5,9,18H,6-8H2,1-2H3,(H2,16,20)(H2,17,21). The largest absolute Gasteiger partial charge is 0.368 e. The minimum Gasteiger partial charge on any atom is -0.368 e. The van der Waals surface area contributed by atoms with Crippen molar-refractivity contribution in [3.05, 3.63) is 28.8 Å². The lowest BCUT2D eigenvalue weighted by Crippen LogP contribution is -2.40. The number of primary amides is 2. The van der Waals surface area contributed by atoms with Crippen molar-refractivity contribution in [1.29, 1.82) is 0 Å². The fraction of sp³-hybridized carbons (Fsp3) is 0.429. The van der Waals surface area contributed by atoms with Crippen LogP contribution in [0.1, 0.15) is 19.4 Å². The van der Waals surface area contributed by atoms with Crippen LogP contribution in [0.15, 0.2) is 18.2 Å². The predicted molar refractivity (Wildman–Crippen MR) is 84.0 cm³/mol. The van der Waals surface area contributed by atoms with Gasteiger partial charge in [0, 0.05) is 28.9 Å². The molecule has 1 rings (SSSR count). The van der Waals surface area contributed by atoms with E-state index in [9.17, 15) is 9.59 Å². The van der Waals surface area contributed by atoms with Crippen molar-refractivity contribution in [2.24, 2.45) is 11.5 Å². The Labute approximate surface area is 129 Å². The first-order valence-electron chi connectivity index (χ1n) is 6.63. The molecule has 7 heteroatoms. The Kier molecular flexibility index (Phi) is 6.45. The van der Waals surface area contributed by atoms with Crippen LogP contribution in [0.5, 0.6) is 0 Å². The molecular weight excluding hydrogens is 292 g/mol. The fourth-order valence-corrected chi connectivity index (χ4v) is 2.16. The van der Waals surface area contributed by atoms with E-state index in [1.807, 2.05) is 13.8 Å². The quantitative estimate of drug-likeness (QED) is 0.654. The van der Waals surface area contributed by atoms with Gasteiger partial charge in [0.15, 0.2) is 0 Å². The van der Waals surface area contributed by atoms with Crippen molar-refractivity contribution in [2.75, 3.05) is 18.0 Å². The Balaban J connectivity index is 3.13. The number of anilines is 1. The van der Waals surface area contributed by atoms with Gasteiger partial charge in [-0.05, 0) is 12.1 Å². The summed E-state index contributed by atoms with van der Waals surface area (Å²) in [7, 11) is 0. The third kappa shape index (κ3) is 5.61. The third-order valence-corrected chi connectivity index (χ3v) is 3.17. The number of nitrogens with one attached hydrogen (secondary N) is 1. The first-order valence-corrected chi connectivity index (χ1v) is 7.01. The summed E-state index contributed by atoms with van der Waals surface area (Å²) in [6.07, 6.45) is 0. The molecular formula is C14H21ClN4O2. The predicted octanol–water partition coefficient (Wildman–Crippen LogP) is 0.615. The molecule has 0 aliphatic rings. The number of carbonyl (C=O) groups excluding carboxylic acids is 2. The van der Waals surface area contributed by atoms with Crippen LogP contribution in [0, 0.1) is 0 Å². The first kappa shape index (κ1) is 17.3. The molecule has 1 aromatic rings. The molecule has 0 saturated heterocycles. The Hall–Kier alpha value is -1.79. The van der Waals surface area contributed by atoms with Gasteiger partial charge in [0.05, 0.1) is 13.1 Å². The topological polar surface area (TPSA) is 101 Å². The third-order valence-electron chi connectivity index (χ3n) is 2.82. The van der Waals surface area contributed by atoms with Crippen LogP contribution in [0.3, 0.4) is 0 Å². The number of halogens is 1. The first-order chi connectivity index (χ1) is 9.81. The molecule has 2 amide bonds. The van der Waals surface area contributed by atoms with Crippen LogP contribution in [-0.4, -0.2) is 30.9 Å². The number of rotatable bonds is 8. The Bertz CT molecular complexity index is 504. The number of nitrogens with two attached hydrogens (primary N) is 2. The molecule has 21 heavy (non-hydrogen) atoms. The summed E-state index contributed by atoms with van der Waals surface area (Å²) in [6, 6.07) is 5.57. The Morgan fingerprint density at radius 1 is 1.24 bits per heavy atom. The van der Waals surface area contributed by atoms with Crippen LogP contribution in [0.25, 0.3) is 0 Å². The van der Waals surface area contributed by atoms with E-state index < -0.39 is 11.8 Å². The van der Waals surface area contributed by atoms with Gasteiger partial charge >= 0.3 is 0 Å². The Morgan fingerprint density at radius 2 is 1.81 bits per heavy atom. The van der Waals surface area contributed by atoms with E-state index in [2.05, 4.69) is 5.32 Å². The molecule has 0 fully saturated rings. The lowest BCUT2D eigenvalue weighted by Gasteiger charge is -2.25. The van der Waals surface area contributed by atoms with Gasteiger partial charge in [-0.25, -0.2) is 0 Å². The minimum atomic E-state index is -0.543. The molecule has 0 heterocycles. The van der Waals surface area contributed by atoms with Crippen molar-refractivity contribution in [3.63, 3.8) is 0 Å². The Morgan fingerprint density at radius 3 is 2.29 bits per heavy atom. The van der Waals surface area contributed by atoms with Gasteiger partial charge in [0.25, 0.3) is 0 Å². The zero-order chi connectivity index (χ0) is 16.0. The lowest BCUT2D eigenvalue weighted by atomic mass is 10.1. The van der Waals surface area contributed by atoms with Gasteiger partial charge in [-0.15, -0.1) is 0 Å². The smallest absolute Gasteiger partial charge is 0.236 e. The van der Waals surface area contributed by atoms with Crippen molar-refractivity contribution in [3.8, 4) is 0 Å². The molecule has 0 aliphatic heterocycles. The van der Waals surface area contributed by atoms with Crippen molar-refractivity contribution < 1.29 is 9.59 Å². The maximum atomic E-state index is 11.2. The van der Waals surface area contributed by atoms with Crippen LogP contribution in [-0.2, 0) is 16.1 Å². The second-order valence-electron chi connectivity index (χ2n) is 5.06. The molecule has 0 aliphatic carbocycles. The summed E-state index contributed by atoms with van der Waals surface area (Å²) in [5.74, 6) is -1.09. The summed E-state index contributed by atoms with van der Waals surface area (Å²) in [5.41, 5.74) is 11.9. The number of amides is 2. The monoisotopic (exact) mass is 312 g/mol. The zero-order valence-corrected chi connectivity index (χ0v) is 13.0. The number of nitrogens with zero attached hydrogens (tertiary/aromatic N) is 1. The van der Waals surface area contributed by atoms with Crippen LogP contribution < -0.4 is 21.7 Å². The van der Waals surface area contributed by atoms with Crippen LogP contribution in [0.4, 0.5) is 5.69 Å². The summed E-state index contributed by atoms with van der Waals surface area (Å²) in [5, 5.41) is 3.82. The highest BCUT2D eigenvalue weighted by molar-refractivity contribution is 6.31. The van der Waals surface area contributed by atoms with Crippen LogP contribution >= 0.6 is 11.6 Å². The van der Waals surface area contributed by atoms with Gasteiger partial charge in [-0.1, -0.05) is 31.5 Å². The maximum Gasteiger partial charge on any atom is 0.236 e. The average Bonchev–Trinajstić information content (AvgIpc) is 2.34. The highest BCUT2D eigenvalue weighted by Crippen LogP contribution is 2.27. The number of hydrogen-bond donors (Lipinski definition) is 3. The summed E-state index contributed by atoms with van der Waals surface area (Å²) in [6.45, 7) is 4.35. The summed E-state index contributed by atoms with van der Waals surface area (Å²) in [4.78, 5) is 23.9. The van der Waals surface area contributed by atoms with E-state index in [4.69, 9.17) is 23.1 Å². The SMILES string of the molecule is CC(C)NCc1c(Cl)cccc1N(CC(N)=O)CC(N)=O. The molecule has 5 N–H and O–H groups in total. The molecule has 6 nitrogen and oxygen atoms in total. The zero-order valence-electron chi connectivity index (χ0n) is 12.2. The van der Waals surface area contributed by atoms with Gasteiger partial charge < -0.3 is 21.7 Å². The van der Waals surface area contributed by atoms with Crippen molar-refractivity contribution >= 4 is 29.1 Å². The lowest BCUT2D eigenvalue weighted by molar-refractivity contribution is -0.117. The van der Waals surface area contributed by atoms with E-state index in [0.29, 0.717) is 17.3 Å². The molecule has 116 valence electrons. The molecule has 0 atom stereocenters. The van der Waals surface area contributed by atoms with Crippen LogP contribution in [0.2, 0.25) is 5.02 Å². The number of benzene rings is 1. The van der Waals surface area contributed by atoms with Gasteiger partial charge in [0.1, 0.15) is 0 Å². The minimum absolute atomic E-state index is 0.0992. The van der Waals surface area contributed by atoms with Crippen molar-refractivity contribution in [2.45, 2.75) is 26.4 Å². The molecule has 0 bridgehead atoms. The second kappa shape index (κ2) is 7.85. The maximum absolute atomic E-state index is 11.2. The van der Waals surface area contributed by atoms with Gasteiger partial charge in [-0.3, -0.25) is 9.59 Å². The van der Waals surface area contributed by atoms with Crippen molar-refractivity contribution in [1.82, 2.24) is 5.32 Å². The average molecular weight is 313 g/mol. The highest BCUT2D eigenvalue weighted by Gasteiger charge is 2.17. The molecule has 0 unspecified atom stereocenters. The molecule has 1 aromatic carbocycles. The van der Waals surface area contributed by atoms with E-state index in [-0.39, 0.29) is 19.1 Å². The number of hydrogen-bond acceptors (Lipinski definition) is 4. The fourth-order valence-electron chi connectivity index (χ4n) is 1.93. The normalized spacial score (nSPS) is 10.7. The highest BCUT2D eigenvalue weighted by atomic mass is 35.5. The molecule has 0 spiro atoms. The molecule has 0 aromatic heterocycles. The van der Waals surface area contributed by atoms with E-state index >= 15 is 0 Å². The second-order valence-corrected chi connectivity index (χ2v) is 5.47. The molecule has 0 saturated carbocycles. The number of carbonyl (C=O) groups is 2. The van der Waals surface area contributed by atoms with E-state index in [1.54, 1.807) is 18.2 Å². The van der Waals surface area contributed by atoms with E-state index in [1.165, 1.54) is 4.90 Å². The summed E-state index contributed by atoms with van der Waals surface area (Å²) < 4.78 is 0. The van der Waals surface area contributed by atoms with Gasteiger partial charge in [-0.2, -0.15) is 0 Å².